The van der Waals surface area contributed by atoms with Crippen molar-refractivity contribution in [3.8, 4) is 5.75 Å². The summed E-state index contributed by atoms with van der Waals surface area (Å²) < 4.78 is 5.99. The van der Waals surface area contributed by atoms with Gasteiger partial charge in [0.1, 0.15) is 17.9 Å². The number of carbonyl (C=O) groups excluding carboxylic acids is 2. The topological polar surface area (TPSA) is 74.8 Å². The highest BCUT2D eigenvalue weighted by atomic mass is 16.5. The van der Waals surface area contributed by atoms with Crippen LogP contribution in [0.4, 0.5) is 5.69 Å². The third kappa shape index (κ3) is 5.36. The number of pyridine rings is 1. The van der Waals surface area contributed by atoms with E-state index in [0.717, 1.165) is 49.8 Å². The molecule has 1 spiro atoms. The van der Waals surface area contributed by atoms with E-state index in [1.165, 1.54) is 0 Å². The number of nitrogens with one attached hydrogen (secondary N) is 1. The molecule has 0 radical (unpaired) electrons. The molecule has 1 atom stereocenters. The van der Waals surface area contributed by atoms with E-state index < -0.39 is 5.54 Å². The fourth-order valence-electron chi connectivity index (χ4n) is 5.09. The Labute approximate surface area is 196 Å². The van der Waals surface area contributed by atoms with E-state index in [2.05, 4.69) is 21.3 Å². The molecule has 1 N–H and O–H groups in total. The zero-order valence-electron chi connectivity index (χ0n) is 19.7. The van der Waals surface area contributed by atoms with E-state index in [1.54, 1.807) is 6.92 Å². The third-order valence-electron chi connectivity index (χ3n) is 6.82. The normalized spacial score (nSPS) is 22.5. The van der Waals surface area contributed by atoms with Crippen molar-refractivity contribution in [3.05, 3.63) is 53.9 Å². The number of likely N-dealkylation sites (tertiary alicyclic amines) is 1. The second-order valence-electron chi connectivity index (χ2n) is 9.19. The molecule has 0 unspecified atom stereocenters. The number of ether oxygens (including phenoxy) is 1. The molecule has 7 nitrogen and oxygen atoms in total. The highest BCUT2D eigenvalue weighted by Gasteiger charge is 2.47. The van der Waals surface area contributed by atoms with Crippen molar-refractivity contribution in [1.29, 1.82) is 0 Å². The van der Waals surface area contributed by atoms with E-state index in [9.17, 15) is 9.59 Å². The molecule has 3 heterocycles. The van der Waals surface area contributed by atoms with Crippen LogP contribution in [0.2, 0.25) is 0 Å². The van der Waals surface area contributed by atoms with Gasteiger partial charge in [0.15, 0.2) is 0 Å². The summed E-state index contributed by atoms with van der Waals surface area (Å²) in [6, 6.07) is 9.69. The molecule has 4 rings (SSSR count). The fraction of sp³-hybridized carbons (Fsp3) is 0.500. The van der Waals surface area contributed by atoms with Gasteiger partial charge in [-0.1, -0.05) is 18.2 Å². The monoisotopic (exact) mass is 450 g/mol. The van der Waals surface area contributed by atoms with Crippen LogP contribution < -0.4 is 10.1 Å². The first kappa shape index (κ1) is 23.2. The van der Waals surface area contributed by atoms with Crippen LogP contribution in [0, 0.1) is 6.92 Å². The van der Waals surface area contributed by atoms with E-state index in [0.29, 0.717) is 37.7 Å². The maximum Gasteiger partial charge on any atom is 0.245 e. The van der Waals surface area contributed by atoms with Gasteiger partial charge in [-0.15, -0.1) is 0 Å². The minimum absolute atomic E-state index is 0.0272. The van der Waals surface area contributed by atoms with Crippen molar-refractivity contribution in [2.45, 2.75) is 58.0 Å². The van der Waals surface area contributed by atoms with Crippen molar-refractivity contribution >= 4 is 17.5 Å². The number of anilines is 1. The molecular weight excluding hydrogens is 416 g/mol. The van der Waals surface area contributed by atoms with E-state index in [-0.39, 0.29) is 11.8 Å². The van der Waals surface area contributed by atoms with Crippen LogP contribution in [-0.4, -0.2) is 58.4 Å². The molecule has 7 heteroatoms. The molecule has 33 heavy (non-hydrogen) atoms. The smallest absolute Gasteiger partial charge is 0.245 e. The molecule has 2 aliphatic heterocycles. The molecule has 2 aromatic rings. The van der Waals surface area contributed by atoms with Gasteiger partial charge >= 0.3 is 0 Å². The first-order valence-corrected chi connectivity index (χ1v) is 11.9. The summed E-state index contributed by atoms with van der Waals surface area (Å²) in [4.78, 5) is 34.5. The summed E-state index contributed by atoms with van der Waals surface area (Å²) >= 11 is 0. The Hall–Kier alpha value is -2.93. The van der Waals surface area contributed by atoms with Gasteiger partial charge in [0.05, 0.1) is 12.2 Å². The molecule has 1 aromatic heterocycles. The van der Waals surface area contributed by atoms with E-state index in [1.807, 2.05) is 48.5 Å². The first-order valence-electron chi connectivity index (χ1n) is 11.9. The van der Waals surface area contributed by atoms with Crippen LogP contribution >= 0.6 is 0 Å². The van der Waals surface area contributed by atoms with E-state index >= 15 is 0 Å². The van der Waals surface area contributed by atoms with Gasteiger partial charge < -0.3 is 15.0 Å². The van der Waals surface area contributed by atoms with Gasteiger partial charge in [0, 0.05) is 32.4 Å². The first-order chi connectivity index (χ1) is 16.0. The Morgan fingerprint density at radius 2 is 1.94 bits per heavy atom. The number of hydrogen-bond acceptors (Lipinski definition) is 5. The lowest BCUT2D eigenvalue weighted by molar-refractivity contribution is -0.130. The Kier molecular flexibility index (Phi) is 7.28. The van der Waals surface area contributed by atoms with E-state index in [4.69, 9.17) is 4.74 Å². The van der Waals surface area contributed by atoms with Crippen molar-refractivity contribution in [2.24, 2.45) is 0 Å². The van der Waals surface area contributed by atoms with Gasteiger partial charge in [-0.05, 0) is 68.8 Å². The zero-order valence-corrected chi connectivity index (χ0v) is 19.7. The van der Waals surface area contributed by atoms with Crippen molar-refractivity contribution in [1.82, 2.24) is 14.8 Å². The van der Waals surface area contributed by atoms with Gasteiger partial charge in [0.25, 0.3) is 0 Å². The van der Waals surface area contributed by atoms with Crippen molar-refractivity contribution < 1.29 is 14.3 Å². The molecule has 0 bridgehead atoms. The molecule has 1 fully saturated rings. The number of amides is 2. The molecule has 2 aliphatic rings. The summed E-state index contributed by atoms with van der Waals surface area (Å²) in [7, 11) is 0. The maximum absolute atomic E-state index is 13.9. The number of rotatable bonds is 2. The predicted octanol–water partition coefficient (Wildman–Crippen LogP) is 3.77. The lowest BCUT2D eigenvalue weighted by Crippen LogP contribution is -2.52. The lowest BCUT2D eigenvalue weighted by Gasteiger charge is -2.37. The molecule has 176 valence electrons. The van der Waals surface area contributed by atoms with Crippen LogP contribution in [0.1, 0.15) is 50.2 Å². The molecular formula is C26H34N4O3. The summed E-state index contributed by atoms with van der Waals surface area (Å²) in [6.45, 7) is 6.82. The number of carbonyl (C=O) groups is 2. The van der Waals surface area contributed by atoms with Gasteiger partial charge in [-0.3, -0.25) is 19.5 Å². The summed E-state index contributed by atoms with van der Waals surface area (Å²) in [5.74, 6) is 0.718. The number of fused-ring (bicyclic) bond motifs is 1. The van der Waals surface area contributed by atoms with Crippen LogP contribution in [0.25, 0.3) is 0 Å². The number of aryl methyl sites for hydroxylation is 1. The lowest BCUT2D eigenvalue weighted by atomic mass is 9.87. The predicted molar refractivity (Wildman–Crippen MR) is 128 cm³/mol. The van der Waals surface area contributed by atoms with Crippen LogP contribution in [-0.2, 0) is 16.1 Å². The second-order valence-corrected chi connectivity index (χ2v) is 9.19. The third-order valence-corrected chi connectivity index (χ3v) is 6.82. The molecule has 2 amide bonds. The molecule has 0 aliphatic carbocycles. The molecule has 0 saturated carbocycles. The Morgan fingerprint density at radius 1 is 1.12 bits per heavy atom. The standard InChI is InChI=1S/C26H34N4O3/c1-20-16-22(18-27-17-20)19-30-13-7-11-26(30)10-5-6-12-29(21(2)31)14-15-33-24-9-4-3-8-23(24)28-25(26)32/h3-4,8-9,16-18H,5-7,10-15,19H2,1-2H3,(H,28,32)/t26-/m0/s1. The largest absolute Gasteiger partial charge is 0.490 e. The second kappa shape index (κ2) is 10.3. The fourth-order valence-corrected chi connectivity index (χ4v) is 5.09. The number of nitrogens with zero attached hydrogens (tertiary/aromatic N) is 3. The average molecular weight is 451 g/mol. The number of hydrogen-bond donors (Lipinski definition) is 1. The Balaban J connectivity index is 1.63. The van der Waals surface area contributed by atoms with Crippen LogP contribution in [0.15, 0.2) is 42.7 Å². The zero-order chi connectivity index (χ0) is 23.3. The highest BCUT2D eigenvalue weighted by Crippen LogP contribution is 2.37. The van der Waals surface area contributed by atoms with Crippen molar-refractivity contribution in [2.75, 3.05) is 31.6 Å². The SMILES string of the molecule is CC(=O)N1CCCC[C@]2(CCCN2Cc2cncc(C)c2)C(=O)Nc2ccccc2OCC1. The summed E-state index contributed by atoms with van der Waals surface area (Å²) in [6.07, 6.45) is 8.04. The highest BCUT2D eigenvalue weighted by molar-refractivity contribution is 5.99. The summed E-state index contributed by atoms with van der Waals surface area (Å²) in [5, 5.41) is 3.19. The average Bonchev–Trinajstić information content (AvgIpc) is 3.19. The summed E-state index contributed by atoms with van der Waals surface area (Å²) in [5.41, 5.74) is 2.33. The maximum atomic E-state index is 13.9. The molecule has 1 aromatic carbocycles. The molecule has 1 saturated heterocycles. The number of benzene rings is 1. The number of para-hydroxylation sites is 2. The minimum atomic E-state index is -0.591. The van der Waals surface area contributed by atoms with Crippen LogP contribution in [0.5, 0.6) is 5.75 Å². The Morgan fingerprint density at radius 3 is 2.76 bits per heavy atom. The quantitative estimate of drug-likeness (QED) is 0.754. The van der Waals surface area contributed by atoms with Gasteiger partial charge in [-0.2, -0.15) is 0 Å². The number of aromatic nitrogens is 1. The minimum Gasteiger partial charge on any atom is -0.490 e. The van der Waals surface area contributed by atoms with Crippen LogP contribution in [0.3, 0.4) is 0 Å². The van der Waals surface area contributed by atoms with Gasteiger partial charge in [0.2, 0.25) is 11.8 Å². The van der Waals surface area contributed by atoms with Crippen molar-refractivity contribution in [3.63, 3.8) is 0 Å². The van der Waals surface area contributed by atoms with Gasteiger partial charge in [-0.25, -0.2) is 0 Å². The Bertz CT molecular complexity index is 995.